The number of aliphatic carboxylic acids is 1. The summed E-state index contributed by atoms with van der Waals surface area (Å²) in [4.78, 5) is 132. The number of methoxy groups -OCH3 is 4. The van der Waals surface area contributed by atoms with Gasteiger partial charge in [0.1, 0.15) is 59.1 Å². The van der Waals surface area contributed by atoms with Crippen LogP contribution in [0.1, 0.15) is 118 Å². The zero-order valence-corrected chi connectivity index (χ0v) is 69.5. The maximum Gasteiger partial charge on any atom is 0.408 e. The van der Waals surface area contributed by atoms with Crippen molar-refractivity contribution in [2.24, 2.45) is 11.5 Å². The van der Waals surface area contributed by atoms with E-state index < -0.39 is 125 Å². The highest BCUT2D eigenvalue weighted by Crippen LogP contribution is 2.23. The Balaban J connectivity index is 0.000000394. The Morgan fingerprint density at radius 3 is 0.824 bits per heavy atom. The number of hydrogen-bond acceptors (Lipinski definition) is 20. The molecule has 0 saturated carbocycles. The van der Waals surface area contributed by atoms with Gasteiger partial charge in [0.15, 0.2) is 0 Å². The minimum Gasteiger partial charge on any atom is -0.480 e. The van der Waals surface area contributed by atoms with Crippen molar-refractivity contribution in [1.29, 1.82) is 0 Å². The fourth-order valence-corrected chi connectivity index (χ4v) is 11.3. The van der Waals surface area contributed by atoms with Crippen LogP contribution >= 0.6 is 0 Å². The molecule has 27 heteroatoms. The lowest BCUT2D eigenvalue weighted by Gasteiger charge is -2.24. The second-order valence-corrected chi connectivity index (χ2v) is 30.1. The number of benzene rings is 8. The summed E-state index contributed by atoms with van der Waals surface area (Å²) in [6.07, 6.45) is 6.02. The van der Waals surface area contributed by atoms with Crippen LogP contribution in [0, 0.1) is 0 Å². The molecule has 0 aliphatic rings. The van der Waals surface area contributed by atoms with Gasteiger partial charge in [-0.1, -0.05) is 202 Å². The monoisotopic (exact) mass is 1640 g/mol. The van der Waals surface area contributed by atoms with E-state index in [2.05, 4.69) is 75.1 Å². The predicted molar refractivity (Wildman–Crippen MR) is 464 cm³/mol. The Labute approximate surface area is 697 Å². The summed E-state index contributed by atoms with van der Waals surface area (Å²) in [5.74, 6) is -4.58. The molecule has 0 saturated heterocycles. The number of hydrogen-bond donors (Lipinski definition) is 9. The Morgan fingerprint density at radius 1 is 0.328 bits per heavy atom. The van der Waals surface area contributed by atoms with E-state index in [1.165, 1.54) is 52.1 Å². The van der Waals surface area contributed by atoms with E-state index in [0.29, 0.717) is 19.3 Å². The van der Waals surface area contributed by atoms with Gasteiger partial charge >= 0.3 is 48.1 Å². The van der Waals surface area contributed by atoms with Gasteiger partial charge in [0.2, 0.25) is 17.7 Å². The number of carboxylic acids is 1. The third-order valence-corrected chi connectivity index (χ3v) is 16.9. The molecule has 0 unspecified atom stereocenters. The smallest absolute Gasteiger partial charge is 0.408 e. The minimum absolute atomic E-state index is 0. The fourth-order valence-electron chi connectivity index (χ4n) is 11.3. The van der Waals surface area contributed by atoms with E-state index in [1.807, 2.05) is 158 Å². The number of amides is 6. The van der Waals surface area contributed by atoms with Gasteiger partial charge in [-0.25, -0.2) is 33.6 Å². The van der Waals surface area contributed by atoms with Crippen LogP contribution in [0.25, 0.3) is 43.1 Å². The molecule has 8 rings (SSSR count). The van der Waals surface area contributed by atoms with E-state index >= 15 is 0 Å². The number of esters is 4. The number of alkyl carbamates (subject to hydrolysis) is 3. The molecule has 0 fully saturated rings. The van der Waals surface area contributed by atoms with Crippen molar-refractivity contribution in [2.75, 3.05) is 28.4 Å². The highest BCUT2D eigenvalue weighted by Gasteiger charge is 2.32. The SMILES string of the molecule is C.C=CC[C@H](N)C(=O)N[C@@H](Cc1ccc2ccccc2c1)C(=O)OC.C=CC[C@H](NC(=O)OC(C)(C)C)C(=O)N[C@@H](Cc1ccc2ccccc2c1)C(=O)OC.C=CC[C@H](NC(=O)OC(C)(C)C)C(=O)N[C@@H](Cc1ccc2ccccc2c1)C(=O)OC.C=CC[C@H](NC(=O)OC(C)(C)C)C(=O)O.COC(=O)[C@@H](N)Cc1ccc2ccccc2c1. The standard InChI is InChI=1S/2C24H30N2O5.C19H22N2O3.C14H15NO2.C10H17NO4.CH4/c2*1-6-9-19(26-23(29)31-24(2,3)4)21(27)25-20(22(28)30-5)15-16-12-13-17-10-7-8-11-18(17)14-16;1-3-6-16(20)18(22)21-17(19(23)24-2)12-13-9-10-14-7-4-5-8-15(14)11-13;1-17-14(16)13(15)9-10-6-7-11-4-2-3-5-12(11)8-10;1-5-6-7(8(12)13)11-9(14)15-10(2,3)4;/h2*6-8,10-14,19-20H,1,9,15H2,2-5H3,(H,25,27)(H,26,29);3-5,7-11,16-17H,1,6,12,20H2,2H3,(H,21,22);2-8,13H,9,15H2,1H3;5,7H,1,6H2,2-4H3,(H,11,14)(H,12,13);1H4/t2*19-,20-;16-,17-;13-;7-;/m00000./s1. The second kappa shape index (κ2) is 50.0. The topological polar surface area (TPSA) is 397 Å². The van der Waals surface area contributed by atoms with Crippen molar-refractivity contribution in [3.8, 4) is 0 Å². The molecule has 640 valence electrons. The molecule has 0 spiro atoms. The average molecular weight is 1640 g/mol. The molecule has 0 bridgehead atoms. The molecule has 11 N–H and O–H groups in total. The van der Waals surface area contributed by atoms with E-state index in [9.17, 15) is 52.7 Å². The normalized spacial score (nSPS) is 12.8. The van der Waals surface area contributed by atoms with Gasteiger partial charge in [-0.05, 0) is 160 Å². The van der Waals surface area contributed by atoms with Crippen LogP contribution in [0.4, 0.5) is 14.4 Å². The van der Waals surface area contributed by atoms with Crippen molar-refractivity contribution < 1.29 is 91.0 Å². The molecule has 6 amide bonds. The lowest BCUT2D eigenvalue weighted by atomic mass is 10.0. The molecule has 27 nitrogen and oxygen atoms in total. The van der Waals surface area contributed by atoms with E-state index in [1.54, 1.807) is 68.4 Å². The summed E-state index contributed by atoms with van der Waals surface area (Å²) in [5, 5.41) is 32.8. The quantitative estimate of drug-likeness (QED) is 0.0115. The first-order chi connectivity index (χ1) is 55.8. The maximum absolute atomic E-state index is 12.8. The summed E-state index contributed by atoms with van der Waals surface area (Å²) in [6.45, 7) is 29.7. The van der Waals surface area contributed by atoms with E-state index in [4.69, 9.17) is 45.0 Å². The number of rotatable bonds is 30. The summed E-state index contributed by atoms with van der Waals surface area (Å²) in [5.41, 5.74) is 13.1. The molecular weight excluding hydrogens is 1520 g/mol. The van der Waals surface area contributed by atoms with Crippen LogP contribution in [0.3, 0.4) is 0 Å². The fraction of sp³-hybridized carbons (Fsp3) is 0.359. The molecule has 8 aromatic carbocycles. The van der Waals surface area contributed by atoms with Gasteiger partial charge in [-0.2, -0.15) is 0 Å². The van der Waals surface area contributed by atoms with Crippen molar-refractivity contribution >= 4 is 109 Å². The van der Waals surface area contributed by atoms with Crippen LogP contribution in [-0.4, -0.2) is 165 Å². The molecule has 0 aliphatic carbocycles. The molecule has 119 heavy (non-hydrogen) atoms. The molecule has 8 atom stereocenters. The Kier molecular flexibility index (Phi) is 42.2. The first-order valence-electron chi connectivity index (χ1n) is 38.1. The van der Waals surface area contributed by atoms with Gasteiger partial charge in [0.25, 0.3) is 0 Å². The number of carbonyl (C=O) groups excluding carboxylic acids is 10. The Hall–Kier alpha value is -12.8. The Morgan fingerprint density at radius 2 is 0.571 bits per heavy atom. The average Bonchev–Trinajstić information content (AvgIpc) is 0.838. The highest BCUT2D eigenvalue weighted by molar-refractivity contribution is 5.93. The third kappa shape index (κ3) is 37.0. The molecule has 0 heterocycles. The Bertz CT molecular complexity index is 4600. The lowest BCUT2D eigenvalue weighted by Crippen LogP contribution is -2.53. The molecule has 0 aliphatic heterocycles. The van der Waals surface area contributed by atoms with Crippen molar-refractivity contribution in [2.45, 2.75) is 186 Å². The largest absolute Gasteiger partial charge is 0.480 e. The predicted octanol–water partition coefficient (Wildman–Crippen LogP) is 13.0. The number of carbonyl (C=O) groups is 11. The molecular formula is C92H118N8O19. The van der Waals surface area contributed by atoms with Crippen molar-refractivity contribution in [3.05, 3.63) is 243 Å². The van der Waals surface area contributed by atoms with Crippen molar-refractivity contribution in [1.82, 2.24) is 31.9 Å². The first kappa shape index (κ1) is 100. The van der Waals surface area contributed by atoms with Gasteiger partial charge in [0, 0.05) is 19.3 Å². The van der Waals surface area contributed by atoms with Crippen LogP contribution in [0.5, 0.6) is 0 Å². The number of fused-ring (bicyclic) bond motifs is 4. The van der Waals surface area contributed by atoms with Gasteiger partial charge in [-0.15, -0.1) is 26.3 Å². The van der Waals surface area contributed by atoms with Crippen molar-refractivity contribution in [3.63, 3.8) is 0 Å². The first-order valence-corrected chi connectivity index (χ1v) is 38.1. The minimum atomic E-state index is -1.11. The summed E-state index contributed by atoms with van der Waals surface area (Å²) in [6, 6.07) is 48.7. The van der Waals surface area contributed by atoms with Crippen LogP contribution in [0.2, 0.25) is 0 Å². The summed E-state index contributed by atoms with van der Waals surface area (Å²) in [7, 11) is 5.18. The summed E-state index contributed by atoms with van der Waals surface area (Å²) >= 11 is 0. The van der Waals surface area contributed by atoms with Gasteiger partial charge < -0.3 is 81.6 Å². The van der Waals surface area contributed by atoms with E-state index in [0.717, 1.165) is 60.0 Å². The van der Waals surface area contributed by atoms with Crippen LogP contribution < -0.4 is 43.4 Å². The number of ether oxygens (including phenoxy) is 7. The number of nitrogens with one attached hydrogen (secondary N) is 6. The lowest BCUT2D eigenvalue weighted by molar-refractivity contribution is -0.145. The van der Waals surface area contributed by atoms with Crippen LogP contribution in [-0.2, 0) is 97.2 Å². The van der Waals surface area contributed by atoms with Gasteiger partial charge in [-0.3, -0.25) is 19.2 Å². The number of nitrogens with two attached hydrogens (primary N) is 2. The molecule has 8 aromatic rings. The van der Waals surface area contributed by atoms with E-state index in [-0.39, 0.29) is 45.5 Å². The van der Waals surface area contributed by atoms with Crippen LogP contribution in [0.15, 0.2) is 220 Å². The molecule has 0 radical (unpaired) electrons. The third-order valence-electron chi connectivity index (χ3n) is 16.9. The zero-order chi connectivity index (χ0) is 87.9. The number of carboxylic acid groups (broad SMARTS) is 1. The molecule has 0 aromatic heterocycles. The zero-order valence-electron chi connectivity index (χ0n) is 69.5. The second-order valence-electron chi connectivity index (χ2n) is 30.1. The highest BCUT2D eigenvalue weighted by atomic mass is 16.6. The summed E-state index contributed by atoms with van der Waals surface area (Å²) < 4.78 is 34.5. The maximum atomic E-state index is 12.8. The van der Waals surface area contributed by atoms with Gasteiger partial charge in [0.05, 0.1) is 34.5 Å².